The quantitative estimate of drug-likeness (QED) is 0.678. The highest BCUT2D eigenvalue weighted by molar-refractivity contribution is 5.78. The van der Waals surface area contributed by atoms with Crippen molar-refractivity contribution in [3.05, 3.63) is 83.7 Å². The summed E-state index contributed by atoms with van der Waals surface area (Å²) >= 11 is 0. The molecule has 3 heteroatoms. The number of hydrogen-bond donors (Lipinski definition) is 0. The van der Waals surface area contributed by atoms with Crippen molar-refractivity contribution in [2.45, 2.75) is 13.5 Å². The van der Waals surface area contributed by atoms with Crippen molar-refractivity contribution in [2.24, 2.45) is 4.99 Å². The molecular formula is C19H17N3. The molecule has 0 saturated carbocycles. The first-order chi connectivity index (χ1) is 10.8. The van der Waals surface area contributed by atoms with E-state index < -0.39 is 0 Å². The number of aromatic nitrogens is 2. The van der Waals surface area contributed by atoms with Gasteiger partial charge in [0.05, 0.1) is 23.6 Å². The van der Waals surface area contributed by atoms with Crippen LogP contribution in [-0.4, -0.2) is 16.2 Å². The zero-order chi connectivity index (χ0) is 15.2. The molecule has 0 amide bonds. The normalized spacial score (nSPS) is 11.0. The van der Waals surface area contributed by atoms with E-state index in [0.29, 0.717) is 6.54 Å². The minimum Gasteiger partial charge on any atom is -0.286 e. The molecule has 0 unspecified atom stereocenters. The van der Waals surface area contributed by atoms with Gasteiger partial charge in [-0.15, -0.1) is 0 Å². The Hall–Kier alpha value is -2.81. The second kappa shape index (κ2) is 6.76. The fraction of sp³-hybridized carbons (Fsp3) is 0.105. The first-order valence-electron chi connectivity index (χ1n) is 7.26. The molecule has 3 nitrogen and oxygen atoms in total. The van der Waals surface area contributed by atoms with Gasteiger partial charge in [-0.3, -0.25) is 9.98 Å². The number of hydrogen-bond acceptors (Lipinski definition) is 3. The van der Waals surface area contributed by atoms with Crippen LogP contribution in [0.1, 0.15) is 17.0 Å². The van der Waals surface area contributed by atoms with Crippen LogP contribution in [0.5, 0.6) is 0 Å². The predicted octanol–water partition coefficient (Wildman–Crippen LogP) is 4.07. The molecule has 0 N–H and O–H groups in total. The number of rotatable bonds is 4. The lowest BCUT2D eigenvalue weighted by atomic mass is 10.2. The van der Waals surface area contributed by atoms with Crippen LogP contribution in [0.15, 0.2) is 71.7 Å². The molecule has 3 rings (SSSR count). The van der Waals surface area contributed by atoms with Crippen molar-refractivity contribution in [3.8, 4) is 11.4 Å². The number of benzene rings is 1. The lowest BCUT2D eigenvalue weighted by molar-refractivity contribution is 1.07. The third-order valence-electron chi connectivity index (χ3n) is 3.26. The van der Waals surface area contributed by atoms with Gasteiger partial charge in [-0.1, -0.05) is 42.5 Å². The Balaban J connectivity index is 1.77. The Morgan fingerprint density at radius 1 is 0.818 bits per heavy atom. The van der Waals surface area contributed by atoms with Gasteiger partial charge in [-0.25, -0.2) is 4.98 Å². The smallest absolute Gasteiger partial charge is 0.0894 e. The zero-order valence-electron chi connectivity index (χ0n) is 12.5. The molecule has 0 aliphatic rings. The van der Waals surface area contributed by atoms with Crippen molar-refractivity contribution < 1.29 is 0 Å². The van der Waals surface area contributed by atoms with Crippen molar-refractivity contribution in [1.29, 1.82) is 0 Å². The van der Waals surface area contributed by atoms with Gasteiger partial charge in [0, 0.05) is 11.9 Å². The minimum absolute atomic E-state index is 0.662. The summed E-state index contributed by atoms with van der Waals surface area (Å²) in [7, 11) is 0. The Bertz CT molecular complexity index is 779. The molecule has 0 spiro atoms. The van der Waals surface area contributed by atoms with Crippen LogP contribution >= 0.6 is 0 Å². The van der Waals surface area contributed by atoms with Crippen LogP contribution in [0.2, 0.25) is 0 Å². The molecule has 0 atom stereocenters. The van der Waals surface area contributed by atoms with Gasteiger partial charge >= 0.3 is 0 Å². The standard InChI is InChI=1S/C19H17N3/c1-15-7-5-11-18(21-15)19-12-6-10-17(22-19)14-20-13-16-8-3-2-4-9-16/h2-12,14H,13H2,1H3. The summed E-state index contributed by atoms with van der Waals surface area (Å²) in [4.78, 5) is 13.6. The first kappa shape index (κ1) is 14.1. The Morgan fingerprint density at radius 3 is 2.32 bits per heavy atom. The number of aryl methyl sites for hydroxylation is 1. The summed E-state index contributed by atoms with van der Waals surface area (Å²) in [5.74, 6) is 0. The number of pyridine rings is 2. The van der Waals surface area contributed by atoms with E-state index in [0.717, 1.165) is 22.8 Å². The van der Waals surface area contributed by atoms with E-state index in [9.17, 15) is 0 Å². The molecule has 0 bridgehead atoms. The highest BCUT2D eigenvalue weighted by Crippen LogP contribution is 2.14. The second-order valence-electron chi connectivity index (χ2n) is 5.07. The summed E-state index contributed by atoms with van der Waals surface area (Å²) in [5, 5.41) is 0. The third kappa shape index (κ3) is 3.64. The molecule has 0 saturated heterocycles. The topological polar surface area (TPSA) is 38.1 Å². The molecule has 0 aliphatic carbocycles. The zero-order valence-corrected chi connectivity index (χ0v) is 12.5. The van der Waals surface area contributed by atoms with Crippen molar-refractivity contribution in [1.82, 2.24) is 9.97 Å². The van der Waals surface area contributed by atoms with Gasteiger partial charge in [0.1, 0.15) is 0 Å². The van der Waals surface area contributed by atoms with E-state index >= 15 is 0 Å². The molecule has 1 aromatic carbocycles. The average molecular weight is 287 g/mol. The first-order valence-corrected chi connectivity index (χ1v) is 7.26. The fourth-order valence-corrected chi connectivity index (χ4v) is 2.18. The maximum absolute atomic E-state index is 4.60. The molecule has 2 heterocycles. The van der Waals surface area contributed by atoms with Gasteiger partial charge in [0.2, 0.25) is 0 Å². The Morgan fingerprint density at radius 2 is 1.55 bits per heavy atom. The van der Waals surface area contributed by atoms with E-state index in [1.165, 1.54) is 5.56 Å². The van der Waals surface area contributed by atoms with Gasteiger partial charge in [0.25, 0.3) is 0 Å². The monoisotopic (exact) mass is 287 g/mol. The molecule has 2 aromatic heterocycles. The lowest BCUT2D eigenvalue weighted by Gasteiger charge is -2.02. The van der Waals surface area contributed by atoms with Crippen molar-refractivity contribution >= 4 is 6.21 Å². The highest BCUT2D eigenvalue weighted by Gasteiger charge is 2.01. The van der Waals surface area contributed by atoms with Crippen LogP contribution in [0.3, 0.4) is 0 Å². The maximum Gasteiger partial charge on any atom is 0.0894 e. The van der Waals surface area contributed by atoms with Gasteiger partial charge in [-0.2, -0.15) is 0 Å². The molecule has 3 aromatic rings. The Kier molecular flexibility index (Phi) is 4.35. The van der Waals surface area contributed by atoms with E-state index in [-0.39, 0.29) is 0 Å². The summed E-state index contributed by atoms with van der Waals surface area (Å²) in [6.07, 6.45) is 1.81. The third-order valence-corrected chi connectivity index (χ3v) is 3.26. The fourth-order valence-electron chi connectivity index (χ4n) is 2.18. The molecule has 0 aliphatic heterocycles. The molecule has 0 radical (unpaired) electrons. The van der Waals surface area contributed by atoms with Crippen LogP contribution in [0, 0.1) is 6.92 Å². The SMILES string of the molecule is Cc1cccc(-c2cccc(C=NCc3ccccc3)n2)n1. The summed E-state index contributed by atoms with van der Waals surface area (Å²) in [6.45, 7) is 2.64. The second-order valence-corrected chi connectivity index (χ2v) is 5.07. The highest BCUT2D eigenvalue weighted by atomic mass is 14.8. The van der Waals surface area contributed by atoms with Crippen molar-refractivity contribution in [2.75, 3.05) is 0 Å². The van der Waals surface area contributed by atoms with Crippen LogP contribution in [0.25, 0.3) is 11.4 Å². The van der Waals surface area contributed by atoms with Gasteiger partial charge < -0.3 is 0 Å². The summed E-state index contributed by atoms with van der Waals surface area (Å²) in [6, 6.07) is 22.0. The Labute approximate surface area is 130 Å². The van der Waals surface area contributed by atoms with Crippen LogP contribution in [-0.2, 0) is 6.54 Å². The summed E-state index contributed by atoms with van der Waals surface area (Å²) < 4.78 is 0. The average Bonchev–Trinajstić information content (AvgIpc) is 2.56. The van der Waals surface area contributed by atoms with Crippen LogP contribution in [0.4, 0.5) is 0 Å². The predicted molar refractivity (Wildman–Crippen MR) is 89.9 cm³/mol. The van der Waals surface area contributed by atoms with E-state index in [4.69, 9.17) is 0 Å². The molecule has 0 fully saturated rings. The molecule has 22 heavy (non-hydrogen) atoms. The van der Waals surface area contributed by atoms with Gasteiger partial charge in [0.15, 0.2) is 0 Å². The van der Waals surface area contributed by atoms with E-state index in [2.05, 4.69) is 27.1 Å². The van der Waals surface area contributed by atoms with Gasteiger partial charge in [-0.05, 0) is 36.8 Å². The van der Waals surface area contributed by atoms with Crippen molar-refractivity contribution in [3.63, 3.8) is 0 Å². The molecule has 108 valence electrons. The summed E-state index contributed by atoms with van der Waals surface area (Å²) in [5.41, 5.74) is 4.78. The van der Waals surface area contributed by atoms with Crippen LogP contribution < -0.4 is 0 Å². The van der Waals surface area contributed by atoms with E-state index in [1.54, 1.807) is 0 Å². The number of aliphatic imine (C=N–C) groups is 1. The minimum atomic E-state index is 0.662. The van der Waals surface area contributed by atoms with E-state index in [1.807, 2.05) is 67.7 Å². The number of nitrogens with zero attached hydrogens (tertiary/aromatic N) is 3. The maximum atomic E-state index is 4.60. The lowest BCUT2D eigenvalue weighted by Crippen LogP contribution is -1.93. The largest absolute Gasteiger partial charge is 0.286 e. The molecular weight excluding hydrogens is 270 g/mol.